The number of hydrogen-bond donors (Lipinski definition) is 2. The van der Waals surface area contributed by atoms with E-state index in [1.54, 1.807) is 0 Å². The standard InChI is InChI=1S/C18H21N5O3/c19-17(24)16-11-15(23(25)26)12-20-18(16)21-13-6-5-7-14(10-13)22-8-3-1-2-4-9-22/h5-7,10-12H,1-4,8-9H2,(H2,19,24)(H,20,21). The molecular formula is C18H21N5O3. The van der Waals surface area contributed by atoms with Crippen LogP contribution < -0.4 is 16.0 Å². The summed E-state index contributed by atoms with van der Waals surface area (Å²) < 4.78 is 0. The van der Waals surface area contributed by atoms with Crippen LogP contribution in [0, 0.1) is 10.1 Å². The minimum absolute atomic E-state index is 0.0145. The van der Waals surface area contributed by atoms with Crippen LogP contribution in [0.2, 0.25) is 0 Å². The van der Waals surface area contributed by atoms with Gasteiger partial charge in [-0.2, -0.15) is 0 Å². The molecule has 8 heteroatoms. The van der Waals surface area contributed by atoms with Crippen LogP contribution in [0.5, 0.6) is 0 Å². The maximum Gasteiger partial charge on any atom is 0.288 e. The van der Waals surface area contributed by atoms with Crippen LogP contribution in [-0.2, 0) is 0 Å². The molecule has 1 fully saturated rings. The first-order valence-electron chi connectivity index (χ1n) is 8.61. The highest BCUT2D eigenvalue weighted by Crippen LogP contribution is 2.26. The van der Waals surface area contributed by atoms with Crippen molar-refractivity contribution in [3.05, 3.63) is 52.2 Å². The van der Waals surface area contributed by atoms with E-state index in [2.05, 4.69) is 21.3 Å². The Kier molecular flexibility index (Phi) is 5.31. The number of nitrogens with two attached hydrogens (primary N) is 1. The molecule has 1 amide bonds. The number of benzene rings is 1. The zero-order chi connectivity index (χ0) is 18.5. The van der Waals surface area contributed by atoms with Gasteiger partial charge in [-0.3, -0.25) is 14.9 Å². The molecule has 0 bridgehead atoms. The average Bonchev–Trinajstić information content (AvgIpc) is 2.91. The zero-order valence-corrected chi connectivity index (χ0v) is 14.4. The van der Waals surface area contributed by atoms with E-state index in [0.29, 0.717) is 0 Å². The number of aromatic nitrogens is 1. The summed E-state index contributed by atoms with van der Waals surface area (Å²) in [7, 11) is 0. The van der Waals surface area contributed by atoms with Gasteiger partial charge in [0.2, 0.25) is 0 Å². The molecule has 2 aromatic rings. The van der Waals surface area contributed by atoms with Crippen LogP contribution in [0.3, 0.4) is 0 Å². The summed E-state index contributed by atoms with van der Waals surface area (Å²) in [4.78, 5) is 28.3. The zero-order valence-electron chi connectivity index (χ0n) is 14.4. The van der Waals surface area contributed by atoms with E-state index >= 15 is 0 Å². The minimum atomic E-state index is -0.771. The van der Waals surface area contributed by atoms with Gasteiger partial charge in [-0.1, -0.05) is 18.9 Å². The summed E-state index contributed by atoms with van der Waals surface area (Å²) in [6.07, 6.45) is 5.96. The molecule has 0 unspecified atom stereocenters. The average molecular weight is 355 g/mol. The quantitative estimate of drug-likeness (QED) is 0.629. The maximum atomic E-state index is 11.7. The molecule has 1 aliphatic rings. The number of rotatable bonds is 5. The Morgan fingerprint density at radius 3 is 2.58 bits per heavy atom. The van der Waals surface area contributed by atoms with Crippen molar-refractivity contribution in [2.45, 2.75) is 25.7 Å². The van der Waals surface area contributed by atoms with Crippen molar-refractivity contribution in [2.24, 2.45) is 5.73 Å². The highest BCUT2D eigenvalue weighted by Gasteiger charge is 2.17. The van der Waals surface area contributed by atoms with Crippen LogP contribution >= 0.6 is 0 Å². The molecule has 0 atom stereocenters. The first-order chi connectivity index (χ1) is 12.5. The second-order valence-corrected chi connectivity index (χ2v) is 6.29. The maximum absolute atomic E-state index is 11.7. The van der Waals surface area contributed by atoms with Crippen LogP contribution in [0.15, 0.2) is 36.5 Å². The molecule has 2 heterocycles. The number of nitro groups is 1. The summed E-state index contributed by atoms with van der Waals surface area (Å²) in [6.45, 7) is 2.04. The van der Waals surface area contributed by atoms with E-state index in [-0.39, 0.29) is 17.1 Å². The number of carbonyl (C=O) groups excluding carboxylic acids is 1. The second kappa shape index (κ2) is 7.81. The smallest absolute Gasteiger partial charge is 0.288 e. The van der Waals surface area contributed by atoms with E-state index in [0.717, 1.165) is 36.7 Å². The van der Waals surface area contributed by atoms with Gasteiger partial charge >= 0.3 is 0 Å². The topological polar surface area (TPSA) is 114 Å². The summed E-state index contributed by atoms with van der Waals surface area (Å²) in [5.74, 6) is -0.566. The Morgan fingerprint density at radius 1 is 1.19 bits per heavy atom. The van der Waals surface area contributed by atoms with E-state index in [1.807, 2.05) is 18.2 Å². The van der Waals surface area contributed by atoms with E-state index in [4.69, 9.17) is 5.73 Å². The molecule has 0 aliphatic carbocycles. The third-order valence-corrected chi connectivity index (χ3v) is 4.43. The lowest BCUT2D eigenvalue weighted by Gasteiger charge is -2.23. The van der Waals surface area contributed by atoms with Crippen LogP contribution in [0.4, 0.5) is 22.9 Å². The van der Waals surface area contributed by atoms with Gasteiger partial charge in [0.15, 0.2) is 0 Å². The molecule has 136 valence electrons. The van der Waals surface area contributed by atoms with Crippen molar-refractivity contribution >= 4 is 28.8 Å². The Balaban J connectivity index is 1.86. The number of nitrogens with zero attached hydrogens (tertiary/aromatic N) is 3. The second-order valence-electron chi connectivity index (χ2n) is 6.29. The highest BCUT2D eigenvalue weighted by molar-refractivity contribution is 5.98. The number of carbonyl (C=O) groups is 1. The molecular weight excluding hydrogens is 334 g/mol. The predicted octanol–water partition coefficient (Wildman–Crippen LogP) is 3.21. The summed E-state index contributed by atoms with van der Waals surface area (Å²) in [5.41, 5.74) is 6.90. The van der Waals surface area contributed by atoms with Crippen LogP contribution in [-0.4, -0.2) is 28.9 Å². The SMILES string of the molecule is NC(=O)c1cc([N+](=O)[O-])cnc1Nc1cccc(N2CCCCCC2)c1. The summed E-state index contributed by atoms with van der Waals surface area (Å²) in [5, 5.41) is 13.9. The molecule has 1 aromatic heterocycles. The molecule has 1 aromatic carbocycles. The highest BCUT2D eigenvalue weighted by atomic mass is 16.6. The van der Waals surface area contributed by atoms with Gasteiger partial charge in [-0.15, -0.1) is 0 Å². The summed E-state index contributed by atoms with van der Waals surface area (Å²) >= 11 is 0. The van der Waals surface area contributed by atoms with Gasteiger partial charge in [-0.25, -0.2) is 4.98 Å². The number of primary amides is 1. The normalized spacial score (nSPS) is 14.5. The van der Waals surface area contributed by atoms with Gasteiger partial charge in [0, 0.05) is 30.5 Å². The van der Waals surface area contributed by atoms with Gasteiger partial charge in [-0.05, 0) is 31.0 Å². The Bertz CT molecular complexity index is 816. The largest absolute Gasteiger partial charge is 0.371 e. The number of hydrogen-bond acceptors (Lipinski definition) is 6. The molecule has 1 saturated heterocycles. The van der Waals surface area contributed by atoms with Gasteiger partial charge in [0.25, 0.3) is 11.6 Å². The first kappa shape index (κ1) is 17.7. The van der Waals surface area contributed by atoms with E-state index in [9.17, 15) is 14.9 Å². The fourth-order valence-electron chi connectivity index (χ4n) is 3.09. The monoisotopic (exact) mass is 355 g/mol. The third-order valence-electron chi connectivity index (χ3n) is 4.43. The third kappa shape index (κ3) is 4.08. The Hall–Kier alpha value is -3.16. The molecule has 3 N–H and O–H groups in total. The van der Waals surface area contributed by atoms with E-state index < -0.39 is 10.8 Å². The van der Waals surface area contributed by atoms with Crippen LogP contribution in [0.25, 0.3) is 0 Å². The van der Waals surface area contributed by atoms with Crippen molar-refractivity contribution < 1.29 is 9.72 Å². The summed E-state index contributed by atoms with van der Waals surface area (Å²) in [6, 6.07) is 8.96. The molecule has 0 saturated carbocycles. The van der Waals surface area contributed by atoms with Crippen molar-refractivity contribution in [1.82, 2.24) is 4.98 Å². The molecule has 1 aliphatic heterocycles. The number of anilines is 3. The minimum Gasteiger partial charge on any atom is -0.371 e. The van der Waals surface area contributed by atoms with Gasteiger partial charge in [0.1, 0.15) is 12.0 Å². The van der Waals surface area contributed by atoms with E-state index in [1.165, 1.54) is 25.7 Å². The fourth-order valence-corrected chi connectivity index (χ4v) is 3.09. The van der Waals surface area contributed by atoms with Crippen LogP contribution in [0.1, 0.15) is 36.0 Å². The Labute approximate surface area is 151 Å². The van der Waals surface area contributed by atoms with Gasteiger partial charge < -0.3 is 16.0 Å². The number of amides is 1. The van der Waals surface area contributed by atoms with Crippen molar-refractivity contribution in [3.8, 4) is 0 Å². The van der Waals surface area contributed by atoms with Crippen molar-refractivity contribution in [2.75, 3.05) is 23.3 Å². The first-order valence-corrected chi connectivity index (χ1v) is 8.61. The molecule has 0 radical (unpaired) electrons. The van der Waals surface area contributed by atoms with Crippen molar-refractivity contribution in [1.29, 1.82) is 0 Å². The molecule has 3 rings (SSSR count). The van der Waals surface area contributed by atoms with Gasteiger partial charge in [0.05, 0.1) is 10.5 Å². The lowest BCUT2D eigenvalue weighted by molar-refractivity contribution is -0.385. The van der Waals surface area contributed by atoms with Crippen molar-refractivity contribution in [3.63, 3.8) is 0 Å². The molecule has 0 spiro atoms. The lowest BCUT2D eigenvalue weighted by Crippen LogP contribution is -2.23. The lowest BCUT2D eigenvalue weighted by atomic mass is 10.2. The number of nitrogens with one attached hydrogen (secondary N) is 1. The fraction of sp³-hybridized carbons (Fsp3) is 0.333. The molecule has 26 heavy (non-hydrogen) atoms. The Morgan fingerprint density at radius 2 is 1.92 bits per heavy atom. The predicted molar refractivity (Wildman–Crippen MR) is 99.8 cm³/mol. The molecule has 8 nitrogen and oxygen atoms in total. The number of pyridine rings is 1.